The second-order valence-corrected chi connectivity index (χ2v) is 8.10. The van der Waals surface area contributed by atoms with E-state index < -0.39 is 5.25 Å². The molecule has 4 rings (SSSR count). The maximum absolute atomic E-state index is 13.2. The van der Waals surface area contributed by atoms with Crippen LogP contribution in [0.3, 0.4) is 0 Å². The molecule has 0 aliphatic carbocycles. The smallest absolute Gasteiger partial charge is 0.240 e. The van der Waals surface area contributed by atoms with Crippen molar-refractivity contribution in [2.45, 2.75) is 43.1 Å². The molecule has 2 N–H and O–H groups in total. The van der Waals surface area contributed by atoms with Gasteiger partial charge in [0.1, 0.15) is 11.0 Å². The molecular weight excluding hydrogens is 398 g/mol. The average molecular weight is 424 g/mol. The zero-order chi connectivity index (χ0) is 20.9. The van der Waals surface area contributed by atoms with Gasteiger partial charge in [-0.1, -0.05) is 49.0 Å². The van der Waals surface area contributed by atoms with Gasteiger partial charge in [0.2, 0.25) is 11.1 Å². The molecule has 1 aliphatic rings. The maximum Gasteiger partial charge on any atom is 0.240 e. The Morgan fingerprint density at radius 2 is 1.90 bits per heavy atom. The van der Waals surface area contributed by atoms with Crippen LogP contribution in [0.5, 0.6) is 5.75 Å². The van der Waals surface area contributed by atoms with Crippen molar-refractivity contribution in [3.8, 4) is 5.75 Å². The number of aryl methyl sites for hydroxylation is 1. The van der Waals surface area contributed by atoms with Crippen LogP contribution in [0.25, 0.3) is 0 Å². The van der Waals surface area contributed by atoms with Gasteiger partial charge in [-0.3, -0.25) is 4.79 Å². The highest BCUT2D eigenvalue weighted by molar-refractivity contribution is 8.00. The van der Waals surface area contributed by atoms with Crippen molar-refractivity contribution in [2.24, 2.45) is 0 Å². The molecule has 30 heavy (non-hydrogen) atoms. The molecule has 2 aromatic carbocycles. The summed E-state index contributed by atoms with van der Waals surface area (Å²) in [7, 11) is 0. The molecule has 0 spiro atoms. The molecule has 1 amide bonds. The lowest BCUT2D eigenvalue weighted by molar-refractivity contribution is -0.116. The second-order valence-electron chi connectivity index (χ2n) is 6.99. The number of nitrogens with one attached hydrogen (secondary N) is 2. The summed E-state index contributed by atoms with van der Waals surface area (Å²) in [5.74, 6) is 1.58. The summed E-state index contributed by atoms with van der Waals surface area (Å²) in [5, 5.41) is 11.9. The summed E-state index contributed by atoms with van der Waals surface area (Å²) >= 11 is 1.44. The first-order valence-electron chi connectivity index (χ1n) is 10.2. The number of amides is 1. The zero-order valence-electron chi connectivity index (χ0n) is 17.0. The number of nitrogens with zero attached hydrogens (tertiary/aromatic N) is 3. The fraction of sp³-hybridized carbons (Fsp3) is 0.318. The predicted octanol–water partition coefficient (Wildman–Crippen LogP) is 4.03. The second kappa shape index (κ2) is 9.21. The van der Waals surface area contributed by atoms with Crippen LogP contribution >= 0.6 is 11.8 Å². The normalized spacial score (nSPS) is 17.7. The molecule has 2 heterocycles. The topological polar surface area (TPSA) is 81.1 Å². The minimum absolute atomic E-state index is 0.0863. The van der Waals surface area contributed by atoms with E-state index in [4.69, 9.17) is 4.74 Å². The average Bonchev–Trinajstić information content (AvgIpc) is 3.17. The number of thioether (sulfide) groups is 1. The van der Waals surface area contributed by atoms with Crippen LogP contribution in [0.2, 0.25) is 0 Å². The van der Waals surface area contributed by atoms with Crippen LogP contribution in [0.15, 0.2) is 59.8 Å². The van der Waals surface area contributed by atoms with Crippen molar-refractivity contribution < 1.29 is 9.53 Å². The Kier molecular flexibility index (Phi) is 6.23. The molecule has 0 bridgehead atoms. The molecule has 1 aliphatic heterocycles. The van der Waals surface area contributed by atoms with E-state index in [1.165, 1.54) is 11.8 Å². The molecular formula is C22H25N5O2S. The van der Waals surface area contributed by atoms with Crippen LogP contribution in [0.4, 0.5) is 5.69 Å². The Hall–Kier alpha value is -3.00. The van der Waals surface area contributed by atoms with E-state index in [-0.39, 0.29) is 11.9 Å². The fourth-order valence-electron chi connectivity index (χ4n) is 3.41. The van der Waals surface area contributed by atoms with Crippen molar-refractivity contribution in [3.05, 3.63) is 66.0 Å². The van der Waals surface area contributed by atoms with E-state index in [0.717, 1.165) is 35.7 Å². The van der Waals surface area contributed by atoms with Gasteiger partial charge in [0.05, 0.1) is 12.6 Å². The molecule has 7 nitrogen and oxygen atoms in total. The summed E-state index contributed by atoms with van der Waals surface area (Å²) in [6.45, 7) is 4.66. The standard InChI is InChI=1S/C22H25N5O2S/c1-3-8-18-24-25-22-27(18)26-19(15-9-6-5-7-10-15)20(30-22)21(28)23-16-11-13-17(14-12-16)29-4-2/h5-7,9-14,19-20,26H,3-4,8H2,1-2H3,(H,23,28). The molecule has 2 unspecified atom stereocenters. The number of hydrogen-bond acceptors (Lipinski definition) is 6. The van der Waals surface area contributed by atoms with Gasteiger partial charge in [-0.05, 0) is 43.2 Å². The first kappa shape index (κ1) is 20.3. The Bertz CT molecular complexity index is 991. The van der Waals surface area contributed by atoms with Gasteiger partial charge in [0.15, 0.2) is 5.82 Å². The molecule has 156 valence electrons. The highest BCUT2D eigenvalue weighted by Crippen LogP contribution is 2.37. The van der Waals surface area contributed by atoms with Gasteiger partial charge in [-0.15, -0.1) is 10.2 Å². The van der Waals surface area contributed by atoms with Crippen molar-refractivity contribution >= 4 is 23.4 Å². The van der Waals surface area contributed by atoms with Crippen molar-refractivity contribution in [3.63, 3.8) is 0 Å². The van der Waals surface area contributed by atoms with Crippen molar-refractivity contribution in [1.82, 2.24) is 14.9 Å². The quantitative estimate of drug-likeness (QED) is 0.597. The molecule has 1 aromatic heterocycles. The van der Waals surface area contributed by atoms with Crippen LogP contribution in [0.1, 0.15) is 37.7 Å². The minimum Gasteiger partial charge on any atom is -0.494 e. The van der Waals surface area contributed by atoms with Crippen LogP contribution in [-0.4, -0.2) is 32.6 Å². The van der Waals surface area contributed by atoms with Crippen molar-refractivity contribution in [2.75, 3.05) is 17.3 Å². The molecule has 0 saturated carbocycles. The Morgan fingerprint density at radius 3 is 2.60 bits per heavy atom. The van der Waals surface area contributed by atoms with E-state index in [9.17, 15) is 4.79 Å². The summed E-state index contributed by atoms with van der Waals surface area (Å²) in [6, 6.07) is 17.2. The highest BCUT2D eigenvalue weighted by atomic mass is 32.2. The number of rotatable bonds is 7. The van der Waals surface area contributed by atoms with E-state index in [1.54, 1.807) is 0 Å². The third-order valence-electron chi connectivity index (χ3n) is 4.83. The first-order chi connectivity index (χ1) is 14.7. The van der Waals surface area contributed by atoms with E-state index >= 15 is 0 Å². The monoisotopic (exact) mass is 423 g/mol. The highest BCUT2D eigenvalue weighted by Gasteiger charge is 2.37. The van der Waals surface area contributed by atoms with Crippen LogP contribution in [0, 0.1) is 0 Å². The zero-order valence-corrected chi connectivity index (χ0v) is 17.9. The van der Waals surface area contributed by atoms with E-state index in [0.29, 0.717) is 11.8 Å². The molecule has 3 aromatic rings. The van der Waals surface area contributed by atoms with Gasteiger partial charge < -0.3 is 15.5 Å². The predicted molar refractivity (Wildman–Crippen MR) is 118 cm³/mol. The minimum atomic E-state index is -0.398. The number of hydrogen-bond donors (Lipinski definition) is 2. The molecule has 2 atom stereocenters. The summed E-state index contributed by atoms with van der Waals surface area (Å²) < 4.78 is 7.40. The van der Waals surface area contributed by atoms with E-state index in [1.807, 2.05) is 66.2 Å². The van der Waals surface area contributed by atoms with Crippen molar-refractivity contribution in [1.29, 1.82) is 0 Å². The molecule has 8 heteroatoms. The fourth-order valence-corrected chi connectivity index (χ4v) is 4.51. The molecule has 0 fully saturated rings. The summed E-state index contributed by atoms with van der Waals surface area (Å²) in [6.07, 6.45) is 1.80. The van der Waals surface area contributed by atoms with Gasteiger partial charge in [0, 0.05) is 12.1 Å². The van der Waals surface area contributed by atoms with Gasteiger partial charge >= 0.3 is 0 Å². The third-order valence-corrected chi connectivity index (χ3v) is 6.04. The Morgan fingerprint density at radius 1 is 1.13 bits per heavy atom. The number of carbonyl (C=O) groups is 1. The lowest BCUT2D eigenvalue weighted by Gasteiger charge is -2.33. The Labute approximate surface area is 180 Å². The number of carbonyl (C=O) groups excluding carboxylic acids is 1. The summed E-state index contributed by atoms with van der Waals surface area (Å²) in [4.78, 5) is 13.2. The van der Waals surface area contributed by atoms with Gasteiger partial charge in [-0.2, -0.15) is 0 Å². The van der Waals surface area contributed by atoms with Gasteiger partial charge in [-0.25, -0.2) is 4.68 Å². The molecule has 0 radical (unpaired) electrons. The summed E-state index contributed by atoms with van der Waals surface area (Å²) in [5.41, 5.74) is 5.25. The largest absolute Gasteiger partial charge is 0.494 e. The SMILES string of the molecule is CCCc1nnc2n1NC(c1ccccc1)C(C(=O)Nc1ccc(OCC)cc1)S2. The van der Waals surface area contributed by atoms with E-state index in [2.05, 4.69) is 27.9 Å². The lowest BCUT2D eigenvalue weighted by Crippen LogP contribution is -2.41. The Balaban J connectivity index is 1.59. The lowest BCUT2D eigenvalue weighted by atomic mass is 10.0. The molecule has 0 saturated heterocycles. The number of aromatic nitrogens is 3. The number of anilines is 1. The number of ether oxygens (including phenoxy) is 1. The number of fused-ring (bicyclic) bond motifs is 1. The number of benzene rings is 2. The maximum atomic E-state index is 13.2. The third kappa shape index (κ3) is 4.28. The van der Waals surface area contributed by atoms with Crippen LogP contribution in [-0.2, 0) is 11.2 Å². The van der Waals surface area contributed by atoms with Gasteiger partial charge in [0.25, 0.3) is 0 Å². The first-order valence-corrected chi connectivity index (χ1v) is 11.0. The van der Waals surface area contributed by atoms with Crippen LogP contribution < -0.4 is 15.5 Å².